The second-order valence-electron chi connectivity index (χ2n) is 5.78. The van der Waals surface area contributed by atoms with Crippen LogP contribution in [0.4, 0.5) is 0 Å². The van der Waals surface area contributed by atoms with Crippen LogP contribution in [0.3, 0.4) is 0 Å². The molecule has 0 radical (unpaired) electrons. The van der Waals surface area contributed by atoms with E-state index in [0.717, 1.165) is 5.92 Å². The smallest absolute Gasteiger partial charge is 0.00503 e. The highest BCUT2D eigenvalue weighted by molar-refractivity contribution is 5.87. The van der Waals surface area contributed by atoms with Gasteiger partial charge in [-0.2, -0.15) is 0 Å². The third kappa shape index (κ3) is 1.23. The number of fused-ring (bicyclic) bond motifs is 2. The largest absolute Gasteiger partial charge is 0.328 e. The van der Waals surface area contributed by atoms with E-state index < -0.39 is 0 Å². The summed E-state index contributed by atoms with van der Waals surface area (Å²) in [6.45, 7) is 0. The van der Waals surface area contributed by atoms with Gasteiger partial charge in [0.05, 0.1) is 0 Å². The van der Waals surface area contributed by atoms with Crippen molar-refractivity contribution in [3.63, 3.8) is 0 Å². The van der Waals surface area contributed by atoms with Gasteiger partial charge in [-0.05, 0) is 41.5 Å². The van der Waals surface area contributed by atoms with Gasteiger partial charge in [0.25, 0.3) is 0 Å². The van der Waals surface area contributed by atoms with Gasteiger partial charge in [0, 0.05) is 11.5 Å². The van der Waals surface area contributed by atoms with E-state index >= 15 is 0 Å². The fraction of sp³-hybridized carbons (Fsp3) is 0.375. The molecule has 2 saturated carbocycles. The number of nitrogens with two attached hydrogens (primary N) is 1. The molecule has 2 aliphatic rings. The third-order valence-electron chi connectivity index (χ3n) is 4.77. The quantitative estimate of drug-likeness (QED) is 0.789. The molecule has 0 aromatic heterocycles. The van der Waals surface area contributed by atoms with Crippen molar-refractivity contribution in [1.29, 1.82) is 0 Å². The van der Waals surface area contributed by atoms with Crippen molar-refractivity contribution in [2.75, 3.05) is 0 Å². The van der Waals surface area contributed by atoms with Crippen LogP contribution in [0, 0.1) is 5.92 Å². The van der Waals surface area contributed by atoms with Crippen molar-refractivity contribution in [2.24, 2.45) is 11.7 Å². The van der Waals surface area contributed by atoms with Gasteiger partial charge in [0.1, 0.15) is 0 Å². The standard InChI is InChI=1S/C16H17N/c17-13-8-12-9-16(12,10-13)15-7-3-5-11-4-1-2-6-14(11)15/h1-7,12-13H,8-10,17H2/t12-,13-,16+/m0/s1. The van der Waals surface area contributed by atoms with Gasteiger partial charge in [0.15, 0.2) is 0 Å². The first-order chi connectivity index (χ1) is 8.29. The maximum Gasteiger partial charge on any atom is 0.00503 e. The predicted octanol–water partition coefficient (Wildman–Crippen LogP) is 3.22. The minimum absolute atomic E-state index is 0.424. The molecule has 0 unspecified atom stereocenters. The SMILES string of the molecule is N[C@H]1C[C@H]2C[C@@]2(c2cccc3ccccc23)C1. The van der Waals surface area contributed by atoms with E-state index in [1.165, 1.54) is 30.0 Å². The summed E-state index contributed by atoms with van der Waals surface area (Å²) in [4.78, 5) is 0. The number of rotatable bonds is 1. The minimum atomic E-state index is 0.424. The van der Waals surface area contributed by atoms with E-state index in [1.54, 1.807) is 5.56 Å². The van der Waals surface area contributed by atoms with E-state index in [4.69, 9.17) is 5.73 Å². The first kappa shape index (κ1) is 9.67. The second kappa shape index (κ2) is 3.11. The van der Waals surface area contributed by atoms with Crippen molar-refractivity contribution in [2.45, 2.75) is 30.7 Å². The number of hydrogen-bond acceptors (Lipinski definition) is 1. The van der Waals surface area contributed by atoms with E-state index in [0.29, 0.717) is 11.5 Å². The highest BCUT2D eigenvalue weighted by atomic mass is 14.8. The molecule has 2 fully saturated rings. The zero-order valence-electron chi connectivity index (χ0n) is 9.89. The molecule has 0 amide bonds. The van der Waals surface area contributed by atoms with Crippen molar-refractivity contribution in [1.82, 2.24) is 0 Å². The average molecular weight is 223 g/mol. The first-order valence-corrected chi connectivity index (χ1v) is 6.53. The Hall–Kier alpha value is -1.34. The van der Waals surface area contributed by atoms with Gasteiger partial charge in [0.2, 0.25) is 0 Å². The topological polar surface area (TPSA) is 26.0 Å². The van der Waals surface area contributed by atoms with Crippen LogP contribution in [0.25, 0.3) is 10.8 Å². The van der Waals surface area contributed by atoms with Crippen molar-refractivity contribution in [3.8, 4) is 0 Å². The summed E-state index contributed by atoms with van der Waals surface area (Å²) in [5, 5.41) is 2.80. The van der Waals surface area contributed by atoms with E-state index in [2.05, 4.69) is 42.5 Å². The molecule has 0 aliphatic heterocycles. The van der Waals surface area contributed by atoms with Gasteiger partial charge in [-0.1, -0.05) is 42.5 Å². The molecule has 4 rings (SSSR count). The molecule has 17 heavy (non-hydrogen) atoms. The molecular formula is C16H17N. The highest BCUT2D eigenvalue weighted by Gasteiger charge is 2.60. The molecule has 0 heterocycles. The lowest BCUT2D eigenvalue weighted by Crippen LogP contribution is -2.20. The highest BCUT2D eigenvalue weighted by Crippen LogP contribution is 2.64. The Balaban J connectivity index is 1.92. The van der Waals surface area contributed by atoms with E-state index in [9.17, 15) is 0 Å². The molecule has 2 aromatic carbocycles. The van der Waals surface area contributed by atoms with Crippen LogP contribution in [0.1, 0.15) is 24.8 Å². The van der Waals surface area contributed by atoms with Crippen LogP contribution in [-0.2, 0) is 5.41 Å². The Morgan fingerprint density at radius 3 is 2.65 bits per heavy atom. The second-order valence-corrected chi connectivity index (χ2v) is 5.78. The number of hydrogen-bond donors (Lipinski definition) is 1. The van der Waals surface area contributed by atoms with Crippen LogP contribution in [-0.4, -0.2) is 6.04 Å². The molecule has 0 saturated heterocycles. The summed E-state index contributed by atoms with van der Waals surface area (Å²) >= 11 is 0. The van der Waals surface area contributed by atoms with Crippen LogP contribution >= 0.6 is 0 Å². The third-order valence-corrected chi connectivity index (χ3v) is 4.77. The van der Waals surface area contributed by atoms with Crippen LogP contribution in [0.5, 0.6) is 0 Å². The van der Waals surface area contributed by atoms with Gasteiger partial charge in [-0.15, -0.1) is 0 Å². The summed E-state index contributed by atoms with van der Waals surface area (Å²) in [7, 11) is 0. The molecular weight excluding hydrogens is 206 g/mol. The molecule has 1 nitrogen and oxygen atoms in total. The maximum absolute atomic E-state index is 6.12. The Morgan fingerprint density at radius 2 is 1.82 bits per heavy atom. The lowest BCUT2D eigenvalue weighted by molar-refractivity contribution is 0.585. The molecule has 0 spiro atoms. The van der Waals surface area contributed by atoms with Crippen LogP contribution in [0.15, 0.2) is 42.5 Å². The molecule has 0 bridgehead atoms. The Kier molecular flexibility index (Phi) is 1.77. The fourth-order valence-electron chi connectivity index (χ4n) is 3.96. The van der Waals surface area contributed by atoms with Gasteiger partial charge in [-0.25, -0.2) is 0 Å². The summed E-state index contributed by atoms with van der Waals surface area (Å²) in [5.74, 6) is 0.850. The Labute approximate surface area is 102 Å². The van der Waals surface area contributed by atoms with Crippen molar-refractivity contribution >= 4 is 10.8 Å². The van der Waals surface area contributed by atoms with E-state index in [1.807, 2.05) is 0 Å². The van der Waals surface area contributed by atoms with Crippen molar-refractivity contribution in [3.05, 3.63) is 48.0 Å². The summed E-state index contributed by atoms with van der Waals surface area (Å²) in [6.07, 6.45) is 3.77. The maximum atomic E-state index is 6.12. The predicted molar refractivity (Wildman–Crippen MR) is 70.9 cm³/mol. The van der Waals surface area contributed by atoms with Crippen molar-refractivity contribution < 1.29 is 0 Å². The average Bonchev–Trinajstić information content (AvgIpc) is 2.92. The number of benzene rings is 2. The Morgan fingerprint density at radius 1 is 1.00 bits per heavy atom. The zero-order valence-corrected chi connectivity index (χ0v) is 9.89. The normalized spacial score (nSPS) is 34.9. The molecule has 1 heteroatoms. The zero-order chi connectivity index (χ0) is 11.5. The van der Waals surface area contributed by atoms with Crippen LogP contribution in [0.2, 0.25) is 0 Å². The first-order valence-electron chi connectivity index (χ1n) is 6.53. The van der Waals surface area contributed by atoms with Gasteiger partial charge >= 0.3 is 0 Å². The van der Waals surface area contributed by atoms with Gasteiger partial charge < -0.3 is 5.73 Å². The van der Waals surface area contributed by atoms with Crippen LogP contribution < -0.4 is 5.73 Å². The monoisotopic (exact) mass is 223 g/mol. The lowest BCUT2D eigenvalue weighted by atomic mass is 9.88. The summed E-state index contributed by atoms with van der Waals surface area (Å²) in [5.41, 5.74) is 8.10. The minimum Gasteiger partial charge on any atom is -0.328 e. The molecule has 86 valence electrons. The molecule has 2 aromatic rings. The summed E-state index contributed by atoms with van der Waals surface area (Å²) < 4.78 is 0. The molecule has 2 aliphatic carbocycles. The van der Waals surface area contributed by atoms with E-state index in [-0.39, 0.29) is 0 Å². The van der Waals surface area contributed by atoms with Gasteiger partial charge in [-0.3, -0.25) is 0 Å². The fourth-order valence-corrected chi connectivity index (χ4v) is 3.96. The molecule has 3 atom stereocenters. The Bertz CT molecular complexity index is 584. The summed E-state index contributed by atoms with van der Waals surface area (Å²) in [6, 6.07) is 15.9. The lowest BCUT2D eigenvalue weighted by Gasteiger charge is -2.17. The molecule has 2 N–H and O–H groups in total.